The standard InChI is InChI=1S/C36H70O4/c1-5-7-9-11-13-15-17-19-21-23-25-27-29-31-35(37)39-32-34(40-36(38)33(3)4)30-28-26-24-22-20-18-16-14-12-10-8-6-2/h33-34H,5-32H2,1-4H3. The Morgan fingerprint density at radius 3 is 1.23 bits per heavy atom. The van der Waals surface area contributed by atoms with E-state index in [1.807, 2.05) is 13.8 Å². The highest BCUT2D eigenvalue weighted by Gasteiger charge is 2.19. The maximum absolute atomic E-state index is 12.3. The molecular weight excluding hydrogens is 496 g/mol. The molecule has 0 bridgehead atoms. The van der Waals surface area contributed by atoms with Crippen LogP contribution in [0.25, 0.3) is 0 Å². The quantitative estimate of drug-likeness (QED) is 0.0618. The van der Waals surface area contributed by atoms with Crippen molar-refractivity contribution < 1.29 is 19.1 Å². The van der Waals surface area contributed by atoms with E-state index >= 15 is 0 Å². The molecular formula is C36H70O4. The van der Waals surface area contributed by atoms with Crippen LogP contribution in [-0.2, 0) is 19.1 Å². The van der Waals surface area contributed by atoms with Crippen molar-refractivity contribution in [1.82, 2.24) is 0 Å². The topological polar surface area (TPSA) is 52.6 Å². The van der Waals surface area contributed by atoms with Crippen LogP contribution in [0.5, 0.6) is 0 Å². The average Bonchev–Trinajstić information content (AvgIpc) is 2.94. The van der Waals surface area contributed by atoms with E-state index in [2.05, 4.69) is 13.8 Å². The lowest BCUT2D eigenvalue weighted by Gasteiger charge is -2.19. The van der Waals surface area contributed by atoms with Crippen molar-refractivity contribution in [1.29, 1.82) is 0 Å². The maximum atomic E-state index is 12.3. The molecule has 0 aliphatic heterocycles. The molecule has 0 amide bonds. The smallest absolute Gasteiger partial charge is 0.308 e. The van der Waals surface area contributed by atoms with E-state index in [4.69, 9.17) is 9.47 Å². The van der Waals surface area contributed by atoms with Gasteiger partial charge in [0.15, 0.2) is 0 Å². The highest BCUT2D eigenvalue weighted by molar-refractivity contribution is 5.72. The summed E-state index contributed by atoms with van der Waals surface area (Å²) in [6.45, 7) is 8.44. The second-order valence-corrected chi connectivity index (χ2v) is 12.6. The van der Waals surface area contributed by atoms with Crippen LogP contribution in [0.3, 0.4) is 0 Å². The van der Waals surface area contributed by atoms with E-state index in [0.29, 0.717) is 6.42 Å². The SMILES string of the molecule is CCCCCCCCCCCCCCCC(=O)OCC(CCCCCCCCCCCCCC)OC(=O)C(C)C. The van der Waals surface area contributed by atoms with Crippen molar-refractivity contribution in [2.24, 2.45) is 5.92 Å². The third kappa shape index (κ3) is 28.5. The first-order valence-corrected chi connectivity index (χ1v) is 17.9. The Bertz CT molecular complexity index is 545. The molecule has 0 N–H and O–H groups in total. The molecule has 0 rings (SSSR count). The molecule has 0 aromatic rings. The molecule has 0 fully saturated rings. The largest absolute Gasteiger partial charge is 0.462 e. The Morgan fingerprint density at radius 2 is 0.850 bits per heavy atom. The number of ether oxygens (including phenoxy) is 2. The van der Waals surface area contributed by atoms with Gasteiger partial charge in [-0.2, -0.15) is 0 Å². The minimum atomic E-state index is -0.311. The van der Waals surface area contributed by atoms with Crippen molar-refractivity contribution in [3.8, 4) is 0 Å². The molecule has 1 unspecified atom stereocenters. The van der Waals surface area contributed by atoms with Gasteiger partial charge in [0.1, 0.15) is 12.7 Å². The lowest BCUT2D eigenvalue weighted by Crippen LogP contribution is -2.27. The Hall–Kier alpha value is -1.06. The van der Waals surface area contributed by atoms with Crippen LogP contribution < -0.4 is 0 Å². The van der Waals surface area contributed by atoms with Crippen LogP contribution in [0.15, 0.2) is 0 Å². The third-order valence-electron chi connectivity index (χ3n) is 8.05. The lowest BCUT2D eigenvalue weighted by atomic mass is 10.0. The second kappa shape index (κ2) is 30.9. The van der Waals surface area contributed by atoms with Gasteiger partial charge in [-0.05, 0) is 19.3 Å². The van der Waals surface area contributed by atoms with E-state index in [1.165, 1.54) is 135 Å². The van der Waals surface area contributed by atoms with Gasteiger partial charge >= 0.3 is 11.9 Å². The fourth-order valence-corrected chi connectivity index (χ4v) is 5.23. The molecule has 0 heterocycles. The van der Waals surface area contributed by atoms with Crippen LogP contribution >= 0.6 is 0 Å². The molecule has 0 aromatic heterocycles. The predicted molar refractivity (Wildman–Crippen MR) is 172 cm³/mol. The summed E-state index contributed by atoms with van der Waals surface area (Å²) in [4.78, 5) is 24.4. The van der Waals surface area contributed by atoms with E-state index in [1.54, 1.807) is 0 Å². The van der Waals surface area contributed by atoms with Crippen LogP contribution in [0, 0.1) is 5.92 Å². The highest BCUT2D eigenvalue weighted by Crippen LogP contribution is 2.16. The molecule has 4 nitrogen and oxygen atoms in total. The van der Waals surface area contributed by atoms with Crippen molar-refractivity contribution in [3.63, 3.8) is 0 Å². The van der Waals surface area contributed by atoms with Crippen molar-refractivity contribution >= 4 is 11.9 Å². The Balaban J connectivity index is 3.84. The molecule has 0 radical (unpaired) electrons. The summed E-state index contributed by atoms with van der Waals surface area (Å²) in [6.07, 6.45) is 33.4. The van der Waals surface area contributed by atoms with Gasteiger partial charge in [-0.1, -0.05) is 175 Å². The normalized spacial score (nSPS) is 12.1. The zero-order chi connectivity index (χ0) is 29.5. The van der Waals surface area contributed by atoms with Gasteiger partial charge in [-0.25, -0.2) is 0 Å². The predicted octanol–water partition coefficient (Wildman–Crippen LogP) is 11.7. The van der Waals surface area contributed by atoms with Crippen LogP contribution in [0.4, 0.5) is 0 Å². The Labute approximate surface area is 250 Å². The van der Waals surface area contributed by atoms with Crippen molar-refractivity contribution in [2.75, 3.05) is 6.61 Å². The monoisotopic (exact) mass is 567 g/mol. The molecule has 4 heteroatoms. The zero-order valence-corrected chi connectivity index (χ0v) is 27.6. The molecule has 1 atom stereocenters. The Kier molecular flexibility index (Phi) is 30.1. The number of hydrogen-bond acceptors (Lipinski definition) is 4. The number of hydrogen-bond donors (Lipinski definition) is 0. The van der Waals surface area contributed by atoms with Gasteiger partial charge in [0.05, 0.1) is 5.92 Å². The van der Waals surface area contributed by atoms with Crippen LogP contribution in [-0.4, -0.2) is 24.6 Å². The highest BCUT2D eigenvalue weighted by atomic mass is 16.6. The first-order valence-electron chi connectivity index (χ1n) is 17.9. The average molecular weight is 567 g/mol. The van der Waals surface area contributed by atoms with Crippen LogP contribution in [0.2, 0.25) is 0 Å². The Morgan fingerprint density at radius 1 is 0.500 bits per heavy atom. The second-order valence-electron chi connectivity index (χ2n) is 12.6. The molecule has 0 aliphatic rings. The van der Waals surface area contributed by atoms with Gasteiger partial charge in [0, 0.05) is 6.42 Å². The minimum absolute atomic E-state index is 0.150. The number of unbranched alkanes of at least 4 members (excludes halogenated alkanes) is 23. The summed E-state index contributed by atoms with van der Waals surface area (Å²) in [5.41, 5.74) is 0. The van der Waals surface area contributed by atoms with E-state index in [0.717, 1.165) is 32.1 Å². The van der Waals surface area contributed by atoms with E-state index in [9.17, 15) is 9.59 Å². The molecule has 0 saturated heterocycles. The fourth-order valence-electron chi connectivity index (χ4n) is 5.23. The summed E-state index contributed by atoms with van der Waals surface area (Å²) in [6, 6.07) is 0. The van der Waals surface area contributed by atoms with Gasteiger partial charge in [0.2, 0.25) is 0 Å². The van der Waals surface area contributed by atoms with Gasteiger partial charge < -0.3 is 9.47 Å². The first kappa shape index (κ1) is 38.9. The molecule has 40 heavy (non-hydrogen) atoms. The van der Waals surface area contributed by atoms with Crippen molar-refractivity contribution in [3.05, 3.63) is 0 Å². The lowest BCUT2D eigenvalue weighted by molar-refractivity contribution is -0.162. The van der Waals surface area contributed by atoms with Gasteiger partial charge in [-0.3, -0.25) is 9.59 Å². The molecule has 0 spiro atoms. The first-order chi connectivity index (χ1) is 19.5. The minimum Gasteiger partial charge on any atom is -0.462 e. The third-order valence-corrected chi connectivity index (χ3v) is 8.05. The molecule has 238 valence electrons. The summed E-state index contributed by atoms with van der Waals surface area (Å²) in [5, 5.41) is 0. The number of rotatable bonds is 31. The van der Waals surface area contributed by atoms with Gasteiger partial charge in [-0.15, -0.1) is 0 Å². The number of esters is 2. The summed E-state index contributed by atoms with van der Waals surface area (Å²) >= 11 is 0. The summed E-state index contributed by atoms with van der Waals surface area (Å²) in [5.74, 6) is -0.509. The van der Waals surface area contributed by atoms with Gasteiger partial charge in [0.25, 0.3) is 0 Å². The van der Waals surface area contributed by atoms with E-state index < -0.39 is 0 Å². The number of carbonyl (C=O) groups is 2. The van der Waals surface area contributed by atoms with Crippen molar-refractivity contribution in [2.45, 2.75) is 207 Å². The fraction of sp³-hybridized carbons (Fsp3) is 0.944. The molecule has 0 aliphatic carbocycles. The molecule has 0 aromatic carbocycles. The van der Waals surface area contributed by atoms with Crippen LogP contribution in [0.1, 0.15) is 201 Å². The zero-order valence-electron chi connectivity index (χ0n) is 27.6. The summed E-state index contributed by atoms with van der Waals surface area (Å²) < 4.78 is 11.2. The number of carbonyl (C=O) groups excluding carboxylic acids is 2. The summed E-state index contributed by atoms with van der Waals surface area (Å²) in [7, 11) is 0. The maximum Gasteiger partial charge on any atom is 0.308 e. The van der Waals surface area contributed by atoms with E-state index in [-0.39, 0.29) is 30.6 Å². The molecule has 0 saturated carbocycles.